The molecule has 2 rings (SSSR count). The summed E-state index contributed by atoms with van der Waals surface area (Å²) in [4.78, 5) is 0. The highest BCUT2D eigenvalue weighted by Gasteiger charge is 2.22. The molecule has 3 nitrogen and oxygen atoms in total. The minimum atomic E-state index is 0.301. The summed E-state index contributed by atoms with van der Waals surface area (Å²) >= 11 is 5.99. The number of ether oxygens (including phenoxy) is 2. The lowest BCUT2D eigenvalue weighted by molar-refractivity contribution is 0.112. The Labute approximate surface area is 107 Å². The van der Waals surface area contributed by atoms with Crippen molar-refractivity contribution in [1.82, 2.24) is 5.32 Å². The van der Waals surface area contributed by atoms with Crippen molar-refractivity contribution < 1.29 is 9.47 Å². The molecule has 0 amide bonds. The number of benzene rings is 1. The predicted molar refractivity (Wildman–Crippen MR) is 68.8 cm³/mol. The summed E-state index contributed by atoms with van der Waals surface area (Å²) in [6, 6.07) is 7.97. The maximum absolute atomic E-state index is 5.99. The minimum absolute atomic E-state index is 0.301. The van der Waals surface area contributed by atoms with Gasteiger partial charge in [0.2, 0.25) is 0 Å². The van der Waals surface area contributed by atoms with E-state index < -0.39 is 0 Å². The van der Waals surface area contributed by atoms with E-state index in [1.807, 2.05) is 24.3 Å². The summed E-state index contributed by atoms with van der Waals surface area (Å²) in [6.07, 6.45) is 1.38. The molecule has 0 saturated carbocycles. The molecule has 0 unspecified atom stereocenters. The Morgan fingerprint density at radius 1 is 1.47 bits per heavy atom. The lowest BCUT2D eigenvalue weighted by atomic mass is 10.1. The molecule has 17 heavy (non-hydrogen) atoms. The van der Waals surface area contributed by atoms with Crippen molar-refractivity contribution in [3.05, 3.63) is 29.3 Å². The van der Waals surface area contributed by atoms with Crippen LogP contribution in [0, 0.1) is 0 Å². The number of hydrogen-bond acceptors (Lipinski definition) is 3. The van der Waals surface area contributed by atoms with E-state index in [1.165, 1.54) is 0 Å². The first-order chi connectivity index (χ1) is 8.27. The lowest BCUT2D eigenvalue weighted by Crippen LogP contribution is -2.37. The van der Waals surface area contributed by atoms with E-state index in [0.29, 0.717) is 23.8 Å². The third-order valence-corrected chi connectivity index (χ3v) is 3.29. The van der Waals surface area contributed by atoms with Gasteiger partial charge in [0, 0.05) is 19.2 Å². The number of hydrogen-bond donors (Lipinski definition) is 1. The summed E-state index contributed by atoms with van der Waals surface area (Å²) in [5, 5.41) is 4.09. The summed E-state index contributed by atoms with van der Waals surface area (Å²) in [7, 11) is 0. The van der Waals surface area contributed by atoms with Gasteiger partial charge in [-0.1, -0.05) is 23.7 Å². The number of para-hydroxylation sites is 1. The number of nitrogens with one attached hydrogen (secondary N) is 1. The third kappa shape index (κ3) is 3.60. The van der Waals surface area contributed by atoms with Crippen LogP contribution in [0.2, 0.25) is 5.02 Å². The van der Waals surface area contributed by atoms with E-state index in [2.05, 4.69) is 12.2 Å². The average Bonchev–Trinajstić information content (AvgIpc) is 2.73. The maximum atomic E-state index is 5.99. The van der Waals surface area contributed by atoms with Gasteiger partial charge in [-0.15, -0.1) is 0 Å². The van der Waals surface area contributed by atoms with Gasteiger partial charge < -0.3 is 14.8 Å². The normalized spacial score (nSPS) is 23.9. The molecule has 0 spiro atoms. The Kier molecular flexibility index (Phi) is 4.66. The van der Waals surface area contributed by atoms with Crippen molar-refractivity contribution in [2.75, 3.05) is 19.8 Å². The van der Waals surface area contributed by atoms with Crippen LogP contribution in [0.25, 0.3) is 0 Å². The van der Waals surface area contributed by atoms with Crippen LogP contribution in [-0.2, 0) is 4.74 Å². The van der Waals surface area contributed by atoms with Crippen molar-refractivity contribution in [2.45, 2.75) is 25.5 Å². The Morgan fingerprint density at radius 3 is 3.00 bits per heavy atom. The first kappa shape index (κ1) is 12.7. The molecule has 1 aromatic rings. The summed E-state index contributed by atoms with van der Waals surface area (Å²) in [5.74, 6) is 0.742. The Bertz CT molecular complexity index is 359. The van der Waals surface area contributed by atoms with Gasteiger partial charge in [-0.3, -0.25) is 0 Å². The Morgan fingerprint density at radius 2 is 2.29 bits per heavy atom. The third-order valence-electron chi connectivity index (χ3n) is 2.98. The molecule has 1 fully saturated rings. The topological polar surface area (TPSA) is 30.5 Å². The van der Waals surface area contributed by atoms with Crippen molar-refractivity contribution in [2.24, 2.45) is 0 Å². The largest absolute Gasteiger partial charge is 0.491 e. The molecule has 0 aromatic heterocycles. The molecule has 1 aliphatic heterocycles. The van der Waals surface area contributed by atoms with Crippen LogP contribution in [0.3, 0.4) is 0 Å². The molecular weight excluding hydrogens is 238 g/mol. The van der Waals surface area contributed by atoms with Crippen LogP contribution in [0.1, 0.15) is 13.3 Å². The minimum Gasteiger partial charge on any atom is -0.491 e. The Balaban J connectivity index is 1.68. The van der Waals surface area contributed by atoms with Crippen LogP contribution >= 0.6 is 11.6 Å². The maximum Gasteiger partial charge on any atom is 0.137 e. The second-order valence-electron chi connectivity index (χ2n) is 4.20. The van der Waals surface area contributed by atoms with Crippen molar-refractivity contribution >= 4 is 11.6 Å². The fourth-order valence-corrected chi connectivity index (χ4v) is 2.16. The van der Waals surface area contributed by atoms with E-state index in [0.717, 1.165) is 25.3 Å². The molecule has 4 heteroatoms. The van der Waals surface area contributed by atoms with Crippen LogP contribution < -0.4 is 10.1 Å². The molecule has 1 aliphatic rings. The van der Waals surface area contributed by atoms with Gasteiger partial charge in [-0.2, -0.15) is 0 Å². The zero-order valence-electron chi connectivity index (χ0n) is 9.99. The second-order valence-corrected chi connectivity index (χ2v) is 4.61. The molecule has 94 valence electrons. The molecule has 1 aromatic carbocycles. The quantitative estimate of drug-likeness (QED) is 0.820. The average molecular weight is 256 g/mol. The van der Waals surface area contributed by atoms with E-state index in [9.17, 15) is 0 Å². The van der Waals surface area contributed by atoms with Crippen molar-refractivity contribution in [1.29, 1.82) is 0 Å². The first-order valence-corrected chi connectivity index (χ1v) is 6.37. The molecule has 2 atom stereocenters. The number of rotatable bonds is 5. The van der Waals surface area contributed by atoms with Crippen LogP contribution in [0.4, 0.5) is 0 Å². The zero-order chi connectivity index (χ0) is 12.1. The highest BCUT2D eigenvalue weighted by atomic mass is 35.5. The van der Waals surface area contributed by atoms with E-state index in [-0.39, 0.29) is 0 Å². The van der Waals surface area contributed by atoms with Crippen molar-refractivity contribution in [3.63, 3.8) is 0 Å². The highest BCUT2D eigenvalue weighted by molar-refractivity contribution is 6.32. The molecule has 0 radical (unpaired) electrons. The van der Waals surface area contributed by atoms with E-state index in [4.69, 9.17) is 21.1 Å². The monoisotopic (exact) mass is 255 g/mol. The van der Waals surface area contributed by atoms with Gasteiger partial charge in [0.1, 0.15) is 12.4 Å². The molecule has 0 aliphatic carbocycles. The Hall–Kier alpha value is -0.770. The van der Waals surface area contributed by atoms with Gasteiger partial charge in [-0.05, 0) is 25.5 Å². The summed E-state index contributed by atoms with van der Waals surface area (Å²) < 4.78 is 11.1. The zero-order valence-corrected chi connectivity index (χ0v) is 10.7. The summed E-state index contributed by atoms with van der Waals surface area (Å²) in [6.45, 7) is 4.38. The molecule has 1 heterocycles. The highest BCUT2D eigenvalue weighted by Crippen LogP contribution is 2.22. The fraction of sp³-hybridized carbons (Fsp3) is 0.538. The standard InChI is InChI=1S/C13H18ClNO2/c1-10-12(6-8-16-10)15-7-9-17-13-5-3-2-4-11(13)14/h2-5,10,12,15H,6-9H2,1H3/t10-,12-/m1/s1. The second kappa shape index (κ2) is 6.24. The number of halogens is 1. The van der Waals surface area contributed by atoms with Crippen LogP contribution in [-0.4, -0.2) is 31.9 Å². The van der Waals surface area contributed by atoms with E-state index >= 15 is 0 Å². The van der Waals surface area contributed by atoms with E-state index in [1.54, 1.807) is 0 Å². The molecule has 0 bridgehead atoms. The van der Waals surface area contributed by atoms with Gasteiger partial charge in [0.25, 0.3) is 0 Å². The SMILES string of the molecule is C[C@H]1OCC[C@H]1NCCOc1ccccc1Cl. The molecule has 1 N–H and O–H groups in total. The van der Waals surface area contributed by atoms with Crippen LogP contribution in [0.5, 0.6) is 5.75 Å². The smallest absolute Gasteiger partial charge is 0.137 e. The van der Waals surface area contributed by atoms with Gasteiger partial charge >= 0.3 is 0 Å². The van der Waals surface area contributed by atoms with Gasteiger partial charge in [0.15, 0.2) is 0 Å². The van der Waals surface area contributed by atoms with Gasteiger partial charge in [0.05, 0.1) is 11.1 Å². The lowest BCUT2D eigenvalue weighted by Gasteiger charge is -2.16. The summed E-state index contributed by atoms with van der Waals surface area (Å²) in [5.41, 5.74) is 0. The van der Waals surface area contributed by atoms with Gasteiger partial charge in [-0.25, -0.2) is 0 Å². The fourth-order valence-electron chi connectivity index (χ4n) is 1.97. The first-order valence-electron chi connectivity index (χ1n) is 5.99. The molecule has 1 saturated heterocycles. The molecular formula is C13H18ClNO2. The van der Waals surface area contributed by atoms with Crippen molar-refractivity contribution in [3.8, 4) is 5.75 Å². The van der Waals surface area contributed by atoms with Crippen LogP contribution in [0.15, 0.2) is 24.3 Å². The predicted octanol–water partition coefficient (Wildman–Crippen LogP) is 2.49.